The second-order valence-electron chi connectivity index (χ2n) is 6.52. The molecule has 1 aromatic carbocycles. The summed E-state index contributed by atoms with van der Waals surface area (Å²) in [7, 11) is 0. The minimum atomic E-state index is -0.374. The third-order valence-electron chi connectivity index (χ3n) is 4.19. The van der Waals surface area contributed by atoms with Gasteiger partial charge in [0, 0.05) is 29.5 Å². The van der Waals surface area contributed by atoms with Gasteiger partial charge >= 0.3 is 5.97 Å². The van der Waals surface area contributed by atoms with Crippen molar-refractivity contribution in [1.82, 2.24) is 0 Å². The van der Waals surface area contributed by atoms with E-state index in [4.69, 9.17) is 9.47 Å². The number of nitro benzene ring substituents is 1. The van der Waals surface area contributed by atoms with Gasteiger partial charge in [0.15, 0.2) is 0 Å². The normalized spacial score (nSPS) is 24.3. The van der Waals surface area contributed by atoms with E-state index in [1.54, 1.807) is 19.1 Å². The molecule has 0 radical (unpaired) electrons. The van der Waals surface area contributed by atoms with Crippen LogP contribution in [0.5, 0.6) is 5.75 Å². The van der Waals surface area contributed by atoms with E-state index in [1.807, 2.05) is 13.8 Å². The molecule has 0 spiro atoms. The lowest BCUT2D eigenvalue weighted by molar-refractivity contribution is -0.385. The Kier molecular flexibility index (Phi) is 3.34. The fraction of sp³-hybridized carbons (Fsp3) is 0.562. The van der Waals surface area contributed by atoms with E-state index >= 15 is 0 Å². The van der Waals surface area contributed by atoms with Crippen LogP contribution in [0.15, 0.2) is 12.1 Å². The molecular formula is C16H19NO5. The third-order valence-corrected chi connectivity index (χ3v) is 4.19. The van der Waals surface area contributed by atoms with Gasteiger partial charge in [-0.25, -0.2) is 0 Å². The van der Waals surface area contributed by atoms with Crippen molar-refractivity contribution < 1.29 is 19.2 Å². The summed E-state index contributed by atoms with van der Waals surface area (Å²) in [4.78, 5) is 22.8. The number of nitrogens with zero attached hydrogens (tertiary/aromatic N) is 1. The molecule has 22 heavy (non-hydrogen) atoms. The fourth-order valence-electron chi connectivity index (χ4n) is 3.16. The van der Waals surface area contributed by atoms with Crippen molar-refractivity contribution in [3.63, 3.8) is 0 Å². The lowest BCUT2D eigenvalue weighted by atomic mass is 9.98. The molecule has 3 rings (SSSR count). The summed E-state index contributed by atoms with van der Waals surface area (Å²) in [5, 5.41) is 11.4. The third kappa shape index (κ3) is 2.53. The second-order valence-corrected chi connectivity index (χ2v) is 6.52. The molecule has 0 bridgehead atoms. The maximum Gasteiger partial charge on any atom is 0.309 e. The quantitative estimate of drug-likeness (QED) is 0.485. The van der Waals surface area contributed by atoms with Crippen LogP contribution >= 0.6 is 0 Å². The molecule has 0 saturated heterocycles. The Balaban J connectivity index is 1.92. The Hall–Kier alpha value is -2.11. The maximum absolute atomic E-state index is 11.8. The van der Waals surface area contributed by atoms with Crippen molar-refractivity contribution in [2.24, 2.45) is 5.92 Å². The highest BCUT2D eigenvalue weighted by atomic mass is 16.6. The number of esters is 1. The Labute approximate surface area is 128 Å². The average molecular weight is 305 g/mol. The molecule has 1 fully saturated rings. The minimum absolute atomic E-state index is 0.0804. The van der Waals surface area contributed by atoms with Gasteiger partial charge in [0.2, 0.25) is 0 Å². The summed E-state index contributed by atoms with van der Waals surface area (Å²) in [5.74, 6) is 0.00632. The fourth-order valence-corrected chi connectivity index (χ4v) is 3.16. The number of nitro groups is 1. The number of carbonyl (C=O) groups excluding carboxylic acids is 1. The molecule has 2 unspecified atom stereocenters. The minimum Gasteiger partial charge on any atom is -0.487 e. The van der Waals surface area contributed by atoms with Crippen LogP contribution in [0.3, 0.4) is 0 Å². The molecule has 0 N–H and O–H groups in total. The lowest BCUT2D eigenvalue weighted by Crippen LogP contribution is -2.24. The molecule has 1 aromatic rings. The largest absolute Gasteiger partial charge is 0.487 e. The zero-order valence-electron chi connectivity index (χ0n) is 12.9. The molecule has 118 valence electrons. The Morgan fingerprint density at radius 1 is 1.50 bits per heavy atom. The van der Waals surface area contributed by atoms with Gasteiger partial charge in [-0.05, 0) is 33.3 Å². The van der Waals surface area contributed by atoms with E-state index in [1.165, 1.54) is 0 Å². The molecule has 0 amide bonds. The lowest BCUT2D eigenvalue weighted by Gasteiger charge is -2.16. The van der Waals surface area contributed by atoms with Gasteiger partial charge in [-0.2, -0.15) is 0 Å². The summed E-state index contributed by atoms with van der Waals surface area (Å²) < 4.78 is 10.9. The molecule has 2 aliphatic rings. The molecule has 1 aliphatic carbocycles. The van der Waals surface area contributed by atoms with Gasteiger partial charge in [0.25, 0.3) is 5.69 Å². The number of ether oxygens (including phenoxy) is 2. The van der Waals surface area contributed by atoms with Crippen LogP contribution in [0.25, 0.3) is 0 Å². The molecule has 2 atom stereocenters. The maximum atomic E-state index is 11.8. The smallest absolute Gasteiger partial charge is 0.309 e. The second kappa shape index (κ2) is 4.97. The summed E-state index contributed by atoms with van der Waals surface area (Å²) >= 11 is 0. The number of rotatable bonds is 4. The highest BCUT2D eigenvalue weighted by Gasteiger charge is 2.48. The Bertz CT molecular complexity index is 652. The molecule has 6 nitrogen and oxygen atoms in total. The van der Waals surface area contributed by atoms with Crippen LogP contribution in [0, 0.1) is 16.0 Å². The van der Waals surface area contributed by atoms with Gasteiger partial charge in [-0.3, -0.25) is 14.9 Å². The number of hydrogen-bond donors (Lipinski definition) is 0. The van der Waals surface area contributed by atoms with E-state index in [0.29, 0.717) is 30.8 Å². The van der Waals surface area contributed by atoms with Crippen molar-refractivity contribution >= 4 is 11.7 Å². The average Bonchev–Trinajstić information content (AvgIpc) is 3.14. The van der Waals surface area contributed by atoms with Gasteiger partial charge in [-0.1, -0.05) is 0 Å². The van der Waals surface area contributed by atoms with E-state index < -0.39 is 0 Å². The summed E-state index contributed by atoms with van der Waals surface area (Å²) in [6, 6.07) is 3.34. The molecule has 1 saturated carbocycles. The molecule has 6 heteroatoms. The summed E-state index contributed by atoms with van der Waals surface area (Å²) in [6.07, 6.45) is 1.25. The van der Waals surface area contributed by atoms with Crippen molar-refractivity contribution in [2.75, 3.05) is 6.61 Å². The molecular weight excluding hydrogens is 286 g/mol. The monoisotopic (exact) mass is 305 g/mol. The van der Waals surface area contributed by atoms with Gasteiger partial charge in [-0.15, -0.1) is 0 Å². The summed E-state index contributed by atoms with van der Waals surface area (Å²) in [5.41, 5.74) is 1.17. The van der Waals surface area contributed by atoms with E-state index in [2.05, 4.69) is 0 Å². The van der Waals surface area contributed by atoms with E-state index in [0.717, 1.165) is 5.56 Å². The van der Waals surface area contributed by atoms with Crippen molar-refractivity contribution in [3.05, 3.63) is 33.4 Å². The molecule has 0 aromatic heterocycles. The predicted octanol–water partition coefficient (Wildman–Crippen LogP) is 2.97. The molecule has 1 heterocycles. The Morgan fingerprint density at radius 2 is 2.23 bits per heavy atom. The highest BCUT2D eigenvalue weighted by molar-refractivity contribution is 5.78. The summed E-state index contributed by atoms with van der Waals surface area (Å²) in [6.45, 7) is 5.99. The number of carbonyl (C=O) groups is 1. The van der Waals surface area contributed by atoms with Crippen LogP contribution in [0.4, 0.5) is 5.69 Å². The van der Waals surface area contributed by atoms with Gasteiger partial charge in [0.05, 0.1) is 17.4 Å². The Morgan fingerprint density at radius 3 is 2.86 bits per heavy atom. The van der Waals surface area contributed by atoms with Gasteiger partial charge < -0.3 is 9.47 Å². The zero-order valence-corrected chi connectivity index (χ0v) is 12.9. The number of fused-ring (bicyclic) bond motifs is 1. The highest BCUT2D eigenvalue weighted by Crippen LogP contribution is 2.53. The van der Waals surface area contributed by atoms with Crippen molar-refractivity contribution in [3.8, 4) is 5.75 Å². The predicted molar refractivity (Wildman–Crippen MR) is 79.0 cm³/mol. The number of benzene rings is 1. The van der Waals surface area contributed by atoms with Crippen LogP contribution in [0.2, 0.25) is 0 Å². The van der Waals surface area contributed by atoms with E-state index in [-0.39, 0.29) is 34.0 Å². The molecule has 1 aliphatic heterocycles. The van der Waals surface area contributed by atoms with Crippen LogP contribution < -0.4 is 4.74 Å². The number of hydrogen-bond acceptors (Lipinski definition) is 5. The van der Waals surface area contributed by atoms with Crippen molar-refractivity contribution in [2.45, 2.75) is 45.1 Å². The SMILES string of the molecule is CCOC(=O)C1CC1c1cc2c(cc1[N+](=O)[O-])CC(C)(C)O2. The van der Waals surface area contributed by atoms with Gasteiger partial charge in [0.1, 0.15) is 11.4 Å². The standard InChI is InChI=1S/C16H19NO5/c1-4-21-15(18)12-6-10(12)11-7-14-9(5-13(11)17(19)20)8-16(2,3)22-14/h5,7,10,12H,4,6,8H2,1-3H3. The van der Waals surface area contributed by atoms with Crippen molar-refractivity contribution in [1.29, 1.82) is 0 Å². The topological polar surface area (TPSA) is 78.7 Å². The first-order valence-corrected chi connectivity index (χ1v) is 7.49. The van der Waals surface area contributed by atoms with Crippen LogP contribution in [-0.4, -0.2) is 23.1 Å². The zero-order chi connectivity index (χ0) is 16.1. The first kappa shape index (κ1) is 14.8. The van der Waals surface area contributed by atoms with E-state index in [9.17, 15) is 14.9 Å². The van der Waals surface area contributed by atoms with Crippen LogP contribution in [-0.2, 0) is 16.0 Å². The van der Waals surface area contributed by atoms with Crippen LogP contribution in [0.1, 0.15) is 44.2 Å². The first-order valence-electron chi connectivity index (χ1n) is 7.49. The first-order chi connectivity index (χ1) is 10.3.